The minimum absolute atomic E-state index is 0.0237. The van der Waals surface area contributed by atoms with Gasteiger partial charge in [-0.2, -0.15) is 0 Å². The minimum atomic E-state index is -0.167. The first-order valence-electron chi connectivity index (χ1n) is 11.2. The molecule has 6 atom stereocenters. The largest absolute Gasteiger partial charge is 0.471 e. The Balaban J connectivity index is 0.000000472. The van der Waals surface area contributed by atoms with E-state index in [2.05, 4.69) is 18.6 Å². The third-order valence-electron chi connectivity index (χ3n) is 9.39. The van der Waals surface area contributed by atoms with E-state index in [-0.39, 0.29) is 22.4 Å². The molecule has 0 aromatic rings. The molecule has 5 rings (SSSR count). The molecule has 1 spiro atoms. The molecule has 5 aliphatic rings. The monoisotopic (exact) mass is 402 g/mol. The Bertz CT molecular complexity index is 742. The number of rotatable bonds is 1. The predicted octanol–water partition coefficient (Wildman–Crippen LogP) is 4.38. The minimum Gasteiger partial charge on any atom is -0.471 e. The molecule has 0 aromatic carbocycles. The van der Waals surface area contributed by atoms with Crippen molar-refractivity contribution in [1.82, 2.24) is 0 Å². The van der Waals surface area contributed by atoms with Gasteiger partial charge < -0.3 is 9.47 Å². The van der Waals surface area contributed by atoms with Gasteiger partial charge in [-0.1, -0.05) is 19.4 Å². The summed E-state index contributed by atoms with van der Waals surface area (Å²) in [5, 5.41) is 0. The van der Waals surface area contributed by atoms with Crippen LogP contribution in [0.4, 0.5) is 0 Å². The van der Waals surface area contributed by atoms with Crippen molar-refractivity contribution in [3.05, 3.63) is 11.6 Å². The molecule has 1 aliphatic heterocycles. The van der Waals surface area contributed by atoms with E-state index in [0.717, 1.165) is 38.0 Å². The summed E-state index contributed by atoms with van der Waals surface area (Å²) in [6.45, 7) is 5.24. The lowest BCUT2D eigenvalue weighted by atomic mass is 9.46. The first kappa shape index (κ1) is 20.6. The second-order valence-corrected chi connectivity index (χ2v) is 10.3. The van der Waals surface area contributed by atoms with Gasteiger partial charge in [0.15, 0.2) is 5.78 Å². The van der Waals surface area contributed by atoms with E-state index in [9.17, 15) is 9.59 Å². The van der Waals surface area contributed by atoms with Crippen LogP contribution in [0.15, 0.2) is 11.6 Å². The SMILES string of the molecule is CC12CCC3C(CCC4=CC(=O)CC[C@@]43C)C1CC[C@@]21CCC(=O)O1.COC=O. The summed E-state index contributed by atoms with van der Waals surface area (Å²) in [7, 11) is 1.31. The number of hydrogen-bond donors (Lipinski definition) is 0. The highest BCUT2D eigenvalue weighted by molar-refractivity contribution is 5.91. The molecule has 4 aliphatic carbocycles. The van der Waals surface area contributed by atoms with Crippen LogP contribution in [0.5, 0.6) is 0 Å². The van der Waals surface area contributed by atoms with E-state index in [1.165, 1.54) is 38.4 Å². The number of allylic oxidation sites excluding steroid dienone is 1. The van der Waals surface area contributed by atoms with Crippen LogP contribution < -0.4 is 0 Å². The van der Waals surface area contributed by atoms with Gasteiger partial charge in [0.2, 0.25) is 0 Å². The Kier molecular flexibility index (Phi) is 5.15. The van der Waals surface area contributed by atoms with Gasteiger partial charge in [0.05, 0.1) is 7.11 Å². The highest BCUT2D eigenvalue weighted by atomic mass is 16.6. The Morgan fingerprint density at radius 1 is 1.00 bits per heavy atom. The Labute approximate surface area is 173 Å². The molecule has 0 amide bonds. The first-order chi connectivity index (χ1) is 13.8. The molecule has 0 N–H and O–H groups in total. The fourth-order valence-corrected chi connectivity index (χ4v) is 7.85. The van der Waals surface area contributed by atoms with Crippen molar-refractivity contribution in [2.75, 3.05) is 7.11 Å². The molecule has 0 aromatic heterocycles. The zero-order chi connectivity index (χ0) is 20.9. The van der Waals surface area contributed by atoms with Gasteiger partial charge in [0, 0.05) is 18.3 Å². The summed E-state index contributed by atoms with van der Waals surface area (Å²) < 4.78 is 9.87. The second-order valence-electron chi connectivity index (χ2n) is 10.3. The molecule has 160 valence electrons. The molecule has 4 fully saturated rings. The van der Waals surface area contributed by atoms with E-state index in [1.807, 2.05) is 6.08 Å². The van der Waals surface area contributed by atoms with Crippen molar-refractivity contribution in [3.63, 3.8) is 0 Å². The lowest BCUT2D eigenvalue weighted by Crippen LogP contribution is -2.54. The van der Waals surface area contributed by atoms with Crippen molar-refractivity contribution >= 4 is 18.2 Å². The summed E-state index contributed by atoms with van der Waals surface area (Å²) in [5.41, 5.74) is 1.68. The summed E-state index contributed by atoms with van der Waals surface area (Å²) in [4.78, 5) is 32.8. The lowest BCUT2D eigenvalue weighted by molar-refractivity contribution is -0.168. The van der Waals surface area contributed by atoms with Crippen LogP contribution >= 0.6 is 0 Å². The summed E-state index contributed by atoms with van der Waals surface area (Å²) >= 11 is 0. The summed E-state index contributed by atoms with van der Waals surface area (Å²) in [6.07, 6.45) is 12.3. The number of carbonyl (C=O) groups excluding carboxylic acids is 3. The second kappa shape index (κ2) is 7.24. The third-order valence-corrected chi connectivity index (χ3v) is 9.39. The van der Waals surface area contributed by atoms with Gasteiger partial charge in [0.25, 0.3) is 6.47 Å². The van der Waals surface area contributed by atoms with Crippen molar-refractivity contribution in [3.8, 4) is 0 Å². The van der Waals surface area contributed by atoms with Gasteiger partial charge >= 0.3 is 5.97 Å². The van der Waals surface area contributed by atoms with Gasteiger partial charge in [-0.15, -0.1) is 0 Å². The van der Waals surface area contributed by atoms with Gasteiger partial charge in [0.1, 0.15) is 5.60 Å². The van der Waals surface area contributed by atoms with Crippen LogP contribution in [0, 0.1) is 28.6 Å². The molecule has 1 heterocycles. The number of carbonyl (C=O) groups is 3. The number of hydrogen-bond acceptors (Lipinski definition) is 5. The molecular weight excluding hydrogens is 368 g/mol. The zero-order valence-corrected chi connectivity index (χ0v) is 18.0. The predicted molar refractivity (Wildman–Crippen MR) is 108 cm³/mol. The molecule has 3 saturated carbocycles. The average Bonchev–Trinajstić information content (AvgIpc) is 3.23. The Hall–Kier alpha value is -1.65. The van der Waals surface area contributed by atoms with E-state index in [0.29, 0.717) is 30.5 Å². The lowest BCUT2D eigenvalue weighted by Gasteiger charge is -2.59. The maximum Gasteiger partial charge on any atom is 0.306 e. The smallest absolute Gasteiger partial charge is 0.306 e. The maximum atomic E-state index is 11.9. The van der Waals surface area contributed by atoms with Crippen molar-refractivity contribution < 1.29 is 23.9 Å². The maximum absolute atomic E-state index is 11.9. The van der Waals surface area contributed by atoms with Crippen LogP contribution in [0.1, 0.15) is 78.1 Å². The fraction of sp³-hybridized carbons (Fsp3) is 0.792. The summed E-state index contributed by atoms with van der Waals surface area (Å²) in [5.74, 6) is 2.51. The Morgan fingerprint density at radius 2 is 1.72 bits per heavy atom. The van der Waals surface area contributed by atoms with Gasteiger partial charge in [-0.05, 0) is 80.6 Å². The fourth-order valence-electron chi connectivity index (χ4n) is 7.85. The molecule has 29 heavy (non-hydrogen) atoms. The van der Waals surface area contributed by atoms with Crippen LogP contribution in [0.2, 0.25) is 0 Å². The van der Waals surface area contributed by atoms with Crippen LogP contribution in [0.25, 0.3) is 0 Å². The number of methoxy groups -OCH3 is 1. The van der Waals surface area contributed by atoms with E-state index >= 15 is 0 Å². The van der Waals surface area contributed by atoms with Crippen molar-refractivity contribution in [1.29, 1.82) is 0 Å². The zero-order valence-electron chi connectivity index (χ0n) is 18.0. The van der Waals surface area contributed by atoms with Crippen LogP contribution in [-0.4, -0.2) is 30.9 Å². The van der Waals surface area contributed by atoms with E-state index < -0.39 is 0 Å². The number of ether oxygens (including phenoxy) is 2. The normalized spacial score (nSPS) is 45.2. The molecule has 5 nitrogen and oxygen atoms in total. The highest BCUT2D eigenvalue weighted by Crippen LogP contribution is 2.69. The standard InChI is InChI=1S/C22H30O3.C2H4O2/c1-20-9-5-15(23)13-14(20)3-4-16-17(20)6-10-21(2)18(16)7-11-22(21)12-8-19(24)25-22;1-4-2-3/h13,16-18H,3-12H2,1-2H3;2H,1H3/t16?,17?,18?,20-,21?,22+;/m0./s1. The van der Waals surface area contributed by atoms with Crippen molar-refractivity contribution in [2.24, 2.45) is 28.6 Å². The van der Waals surface area contributed by atoms with E-state index in [1.54, 1.807) is 0 Å². The molecular formula is C24H34O5. The summed E-state index contributed by atoms with van der Waals surface area (Å²) in [6, 6.07) is 0. The molecule has 0 bridgehead atoms. The number of esters is 1. The van der Waals surface area contributed by atoms with Crippen LogP contribution in [0.3, 0.4) is 0 Å². The van der Waals surface area contributed by atoms with Gasteiger partial charge in [-0.25, -0.2) is 0 Å². The molecule has 5 heteroatoms. The van der Waals surface area contributed by atoms with Gasteiger partial charge in [-0.3, -0.25) is 14.4 Å². The average molecular weight is 403 g/mol. The number of ketones is 1. The van der Waals surface area contributed by atoms with E-state index in [4.69, 9.17) is 9.53 Å². The molecule has 1 saturated heterocycles. The first-order valence-corrected chi connectivity index (χ1v) is 11.2. The Morgan fingerprint density at radius 3 is 2.38 bits per heavy atom. The highest BCUT2D eigenvalue weighted by Gasteiger charge is 2.66. The molecule has 0 radical (unpaired) electrons. The number of fused-ring (bicyclic) bond motifs is 6. The quantitative estimate of drug-likeness (QED) is 0.481. The topological polar surface area (TPSA) is 69.7 Å². The molecule has 4 unspecified atom stereocenters. The third kappa shape index (κ3) is 2.98. The van der Waals surface area contributed by atoms with Crippen LogP contribution in [-0.2, 0) is 23.9 Å². The van der Waals surface area contributed by atoms with Crippen molar-refractivity contribution in [2.45, 2.75) is 83.7 Å².